The number of carbonyl (C=O) groups excluding carboxylic acids is 1. The molecule has 17 heavy (non-hydrogen) atoms. The van der Waals surface area contributed by atoms with Crippen molar-refractivity contribution in [3.05, 3.63) is 48.0 Å². The van der Waals surface area contributed by atoms with E-state index < -0.39 is 0 Å². The molecule has 1 aromatic carbocycles. The number of benzene rings is 1. The molecule has 0 saturated carbocycles. The normalized spacial score (nSPS) is 18.4. The fourth-order valence-electron chi connectivity index (χ4n) is 1.87. The van der Waals surface area contributed by atoms with Crippen molar-refractivity contribution in [3.63, 3.8) is 0 Å². The molecule has 0 bridgehead atoms. The standard InChI is InChI=1S/C14H16N2O/c1-3-11(2)14(17)16-13(9-10-15-16)12-7-5-4-6-8-12/h4-8,10,13H,2-3,9H2,1H3. The molecule has 0 aliphatic carbocycles. The van der Waals surface area contributed by atoms with Crippen molar-refractivity contribution in [1.82, 2.24) is 5.01 Å². The zero-order valence-corrected chi connectivity index (χ0v) is 9.97. The van der Waals surface area contributed by atoms with E-state index in [4.69, 9.17) is 0 Å². The van der Waals surface area contributed by atoms with Crippen LogP contribution in [0.2, 0.25) is 0 Å². The summed E-state index contributed by atoms with van der Waals surface area (Å²) in [7, 11) is 0. The third kappa shape index (κ3) is 2.28. The lowest BCUT2D eigenvalue weighted by atomic mass is 10.0. The predicted molar refractivity (Wildman–Crippen MR) is 68.6 cm³/mol. The maximum absolute atomic E-state index is 12.1. The van der Waals surface area contributed by atoms with Gasteiger partial charge in [-0.25, -0.2) is 5.01 Å². The molecule has 0 fully saturated rings. The van der Waals surface area contributed by atoms with Crippen LogP contribution >= 0.6 is 0 Å². The highest BCUT2D eigenvalue weighted by Crippen LogP contribution is 2.29. The Morgan fingerprint density at radius 1 is 1.47 bits per heavy atom. The Bertz CT molecular complexity index is 451. The maximum Gasteiger partial charge on any atom is 0.269 e. The highest BCUT2D eigenvalue weighted by Gasteiger charge is 2.28. The van der Waals surface area contributed by atoms with Gasteiger partial charge in [0.05, 0.1) is 6.04 Å². The Morgan fingerprint density at radius 3 is 2.82 bits per heavy atom. The van der Waals surface area contributed by atoms with Crippen molar-refractivity contribution in [2.24, 2.45) is 5.10 Å². The largest absolute Gasteiger partial charge is 0.269 e. The predicted octanol–water partition coefficient (Wildman–Crippen LogP) is 2.91. The molecule has 1 aromatic rings. The molecule has 1 atom stereocenters. The van der Waals surface area contributed by atoms with Gasteiger partial charge in [0.1, 0.15) is 0 Å². The number of nitrogens with zero attached hydrogens (tertiary/aromatic N) is 2. The van der Waals surface area contributed by atoms with E-state index in [-0.39, 0.29) is 11.9 Å². The summed E-state index contributed by atoms with van der Waals surface area (Å²) < 4.78 is 0. The van der Waals surface area contributed by atoms with Gasteiger partial charge in [-0.05, 0) is 12.0 Å². The lowest BCUT2D eigenvalue weighted by Crippen LogP contribution is -2.27. The molecule has 0 N–H and O–H groups in total. The maximum atomic E-state index is 12.1. The second-order valence-electron chi connectivity index (χ2n) is 4.07. The molecular formula is C14H16N2O. The summed E-state index contributed by atoms with van der Waals surface area (Å²) in [5.74, 6) is -0.0740. The Labute approximate surface area is 101 Å². The molecule has 0 radical (unpaired) electrons. The zero-order chi connectivity index (χ0) is 12.3. The molecule has 1 heterocycles. The Morgan fingerprint density at radius 2 is 2.18 bits per heavy atom. The quantitative estimate of drug-likeness (QED) is 0.732. The van der Waals surface area contributed by atoms with Crippen LogP contribution in [0.25, 0.3) is 0 Å². The summed E-state index contributed by atoms with van der Waals surface area (Å²) in [6, 6.07) is 9.99. The molecule has 0 saturated heterocycles. The van der Waals surface area contributed by atoms with Crippen molar-refractivity contribution >= 4 is 12.1 Å². The van der Waals surface area contributed by atoms with Gasteiger partial charge >= 0.3 is 0 Å². The van der Waals surface area contributed by atoms with Crippen LogP contribution in [0.15, 0.2) is 47.6 Å². The number of carbonyl (C=O) groups is 1. The van der Waals surface area contributed by atoms with E-state index in [2.05, 4.69) is 11.7 Å². The summed E-state index contributed by atoms with van der Waals surface area (Å²) in [6.07, 6.45) is 3.22. The SMILES string of the molecule is C=C(CC)C(=O)N1N=CCC1c1ccccc1. The first-order valence-corrected chi connectivity index (χ1v) is 5.82. The van der Waals surface area contributed by atoms with Gasteiger partial charge < -0.3 is 0 Å². The second kappa shape index (κ2) is 4.95. The van der Waals surface area contributed by atoms with Crippen molar-refractivity contribution < 1.29 is 4.79 Å². The zero-order valence-electron chi connectivity index (χ0n) is 9.97. The van der Waals surface area contributed by atoms with Gasteiger partial charge in [0.25, 0.3) is 5.91 Å². The van der Waals surface area contributed by atoms with E-state index in [1.165, 1.54) is 0 Å². The van der Waals surface area contributed by atoms with Crippen molar-refractivity contribution in [2.45, 2.75) is 25.8 Å². The first-order chi connectivity index (χ1) is 8.24. The molecule has 0 aromatic heterocycles. The molecule has 1 aliphatic rings. The van der Waals surface area contributed by atoms with Gasteiger partial charge in [0.15, 0.2) is 0 Å². The van der Waals surface area contributed by atoms with Crippen LogP contribution in [0.3, 0.4) is 0 Å². The Balaban J connectivity index is 2.20. The number of rotatable bonds is 3. The fourth-order valence-corrected chi connectivity index (χ4v) is 1.87. The van der Waals surface area contributed by atoms with Crippen LogP contribution in [0.4, 0.5) is 0 Å². The van der Waals surface area contributed by atoms with E-state index in [0.29, 0.717) is 12.0 Å². The van der Waals surface area contributed by atoms with E-state index >= 15 is 0 Å². The first kappa shape index (κ1) is 11.6. The molecule has 88 valence electrons. The lowest BCUT2D eigenvalue weighted by Gasteiger charge is -2.22. The number of hydrogen-bond donors (Lipinski definition) is 0. The molecule has 1 unspecified atom stereocenters. The van der Waals surface area contributed by atoms with Crippen LogP contribution in [0, 0.1) is 0 Å². The summed E-state index contributed by atoms with van der Waals surface area (Å²) >= 11 is 0. The average Bonchev–Trinajstić information content (AvgIpc) is 2.87. The number of amides is 1. The second-order valence-corrected chi connectivity index (χ2v) is 4.07. The minimum absolute atomic E-state index is 0.0204. The third-order valence-corrected chi connectivity index (χ3v) is 2.95. The van der Waals surface area contributed by atoms with E-state index in [0.717, 1.165) is 12.0 Å². The fraction of sp³-hybridized carbons (Fsp3) is 0.286. The summed E-state index contributed by atoms with van der Waals surface area (Å²) in [5, 5.41) is 5.70. The molecule has 3 nitrogen and oxygen atoms in total. The van der Waals surface area contributed by atoms with Crippen molar-refractivity contribution in [1.29, 1.82) is 0 Å². The molecule has 3 heteroatoms. The highest BCUT2D eigenvalue weighted by molar-refractivity contribution is 5.94. The van der Waals surface area contributed by atoms with E-state index in [1.54, 1.807) is 11.2 Å². The highest BCUT2D eigenvalue weighted by atomic mass is 16.2. The third-order valence-electron chi connectivity index (χ3n) is 2.95. The van der Waals surface area contributed by atoms with Crippen LogP contribution in [0.1, 0.15) is 31.4 Å². The topological polar surface area (TPSA) is 32.7 Å². The average molecular weight is 228 g/mol. The number of hydrazone groups is 1. The molecular weight excluding hydrogens is 212 g/mol. The van der Waals surface area contributed by atoms with Gasteiger partial charge in [0, 0.05) is 18.2 Å². The van der Waals surface area contributed by atoms with Gasteiger partial charge in [-0.3, -0.25) is 4.79 Å². The van der Waals surface area contributed by atoms with E-state index in [9.17, 15) is 4.79 Å². The Hall–Kier alpha value is -1.90. The summed E-state index contributed by atoms with van der Waals surface area (Å²) in [6.45, 7) is 5.71. The van der Waals surface area contributed by atoms with Crippen molar-refractivity contribution in [3.8, 4) is 0 Å². The van der Waals surface area contributed by atoms with Gasteiger partial charge in [-0.2, -0.15) is 5.10 Å². The number of hydrogen-bond acceptors (Lipinski definition) is 2. The molecule has 1 aliphatic heterocycles. The molecule has 0 spiro atoms. The summed E-state index contributed by atoms with van der Waals surface area (Å²) in [5.41, 5.74) is 1.72. The monoisotopic (exact) mass is 228 g/mol. The van der Waals surface area contributed by atoms with Crippen LogP contribution < -0.4 is 0 Å². The summed E-state index contributed by atoms with van der Waals surface area (Å²) in [4.78, 5) is 12.1. The van der Waals surface area contributed by atoms with Gasteiger partial charge in [-0.15, -0.1) is 0 Å². The van der Waals surface area contributed by atoms with Gasteiger partial charge in [0.2, 0.25) is 0 Å². The minimum atomic E-state index is -0.0740. The van der Waals surface area contributed by atoms with E-state index in [1.807, 2.05) is 37.3 Å². The minimum Gasteiger partial charge on any atom is -0.268 e. The lowest BCUT2D eigenvalue weighted by molar-refractivity contribution is -0.129. The van der Waals surface area contributed by atoms with Crippen LogP contribution in [0.5, 0.6) is 0 Å². The first-order valence-electron chi connectivity index (χ1n) is 5.82. The van der Waals surface area contributed by atoms with Crippen LogP contribution in [-0.2, 0) is 4.79 Å². The molecule has 1 amide bonds. The smallest absolute Gasteiger partial charge is 0.268 e. The van der Waals surface area contributed by atoms with Crippen LogP contribution in [-0.4, -0.2) is 17.1 Å². The van der Waals surface area contributed by atoms with Gasteiger partial charge in [-0.1, -0.05) is 43.8 Å². The molecule has 2 rings (SSSR count). The Kier molecular flexibility index (Phi) is 3.38. The van der Waals surface area contributed by atoms with Crippen molar-refractivity contribution in [2.75, 3.05) is 0 Å².